The molecule has 1 fully saturated rings. The van der Waals surface area contributed by atoms with Gasteiger partial charge in [0.2, 0.25) is 0 Å². The number of aliphatic carboxylic acids is 2. The van der Waals surface area contributed by atoms with Crippen LogP contribution in [0.5, 0.6) is 11.5 Å². The average molecular weight is 457 g/mol. The number of carboxylic acid groups (broad SMARTS) is 2. The van der Waals surface area contributed by atoms with Crippen molar-refractivity contribution in [2.24, 2.45) is 0 Å². The van der Waals surface area contributed by atoms with E-state index in [1.807, 2.05) is 25.1 Å². The fourth-order valence-electron chi connectivity index (χ4n) is 3.40. The predicted molar refractivity (Wildman–Crippen MR) is 127 cm³/mol. The second-order valence-electron chi connectivity index (χ2n) is 7.47. The van der Waals surface area contributed by atoms with Crippen LogP contribution >= 0.6 is 0 Å². The Balaban J connectivity index is 0.000000569. The summed E-state index contributed by atoms with van der Waals surface area (Å²) in [4.78, 5) is 23.2. The minimum atomic E-state index is -1.82. The van der Waals surface area contributed by atoms with E-state index in [0.29, 0.717) is 6.61 Å². The Hall–Kier alpha value is -3.36. The van der Waals surface area contributed by atoms with Gasteiger partial charge in [0, 0.05) is 39.3 Å². The van der Waals surface area contributed by atoms with Gasteiger partial charge in [-0.3, -0.25) is 9.80 Å². The van der Waals surface area contributed by atoms with Crippen molar-refractivity contribution in [3.63, 3.8) is 0 Å². The summed E-state index contributed by atoms with van der Waals surface area (Å²) in [6.45, 7) is 9.07. The predicted octanol–water partition coefficient (Wildman–Crippen LogP) is 3.08. The molecular weight excluding hydrogens is 424 g/mol. The van der Waals surface area contributed by atoms with Crippen LogP contribution in [-0.4, -0.2) is 78.4 Å². The second kappa shape index (κ2) is 13.9. The topological polar surface area (TPSA) is 99.5 Å². The lowest BCUT2D eigenvalue weighted by Crippen LogP contribution is -2.47. The Kier molecular flexibility index (Phi) is 10.9. The maximum Gasteiger partial charge on any atom is 0.414 e. The molecule has 8 heteroatoms. The monoisotopic (exact) mass is 456 g/mol. The number of nitrogens with zero attached hydrogens (tertiary/aromatic N) is 2. The van der Waals surface area contributed by atoms with Crippen LogP contribution in [0.25, 0.3) is 6.08 Å². The molecule has 0 unspecified atom stereocenters. The first-order chi connectivity index (χ1) is 15.9. The molecule has 1 aliphatic rings. The van der Waals surface area contributed by atoms with Crippen molar-refractivity contribution in [2.45, 2.75) is 13.5 Å². The summed E-state index contributed by atoms with van der Waals surface area (Å²) < 4.78 is 11.4. The van der Waals surface area contributed by atoms with Gasteiger partial charge in [0.15, 0.2) is 11.5 Å². The third-order valence-electron chi connectivity index (χ3n) is 5.11. The van der Waals surface area contributed by atoms with Crippen molar-refractivity contribution in [1.29, 1.82) is 0 Å². The van der Waals surface area contributed by atoms with E-state index in [2.05, 4.69) is 52.3 Å². The molecule has 0 spiro atoms. The first-order valence-electron chi connectivity index (χ1n) is 10.8. The van der Waals surface area contributed by atoms with E-state index < -0.39 is 11.9 Å². The van der Waals surface area contributed by atoms with Crippen molar-refractivity contribution in [2.75, 3.05) is 46.4 Å². The molecule has 0 amide bonds. The molecule has 3 rings (SSSR count). The largest absolute Gasteiger partial charge is 0.493 e. The van der Waals surface area contributed by atoms with Crippen LogP contribution in [0.2, 0.25) is 0 Å². The fraction of sp³-hybridized carbons (Fsp3) is 0.360. The van der Waals surface area contributed by atoms with Crippen LogP contribution < -0.4 is 9.47 Å². The molecule has 0 radical (unpaired) electrons. The van der Waals surface area contributed by atoms with Crippen LogP contribution in [0.1, 0.15) is 18.1 Å². The number of hydrogen-bond donors (Lipinski definition) is 2. The number of piperazine rings is 1. The zero-order valence-electron chi connectivity index (χ0n) is 19.1. The zero-order valence-corrected chi connectivity index (χ0v) is 19.1. The Bertz CT molecular complexity index is 896. The standard InChI is InChI=1S/C23H30N2O2.C2H2O4/c1-3-7-20-10-11-22(23(18-20)26-2)27-17-16-24-12-14-25(15-13-24)19-21-8-5-4-6-9-21;3-1(4)2(5)6/h3-11,18H,12-17,19H2,1-2H3;(H,3,4)(H,5,6). The summed E-state index contributed by atoms with van der Waals surface area (Å²) in [5, 5.41) is 14.8. The van der Waals surface area contributed by atoms with Gasteiger partial charge < -0.3 is 19.7 Å². The highest BCUT2D eigenvalue weighted by molar-refractivity contribution is 6.27. The molecule has 178 valence electrons. The molecule has 0 aromatic heterocycles. The summed E-state index contributed by atoms with van der Waals surface area (Å²) in [5.41, 5.74) is 2.51. The number of methoxy groups -OCH3 is 1. The normalized spacial score (nSPS) is 14.4. The Morgan fingerprint density at radius 2 is 1.58 bits per heavy atom. The molecule has 2 N–H and O–H groups in total. The van der Waals surface area contributed by atoms with Crippen molar-refractivity contribution in [3.8, 4) is 11.5 Å². The van der Waals surface area contributed by atoms with Crippen molar-refractivity contribution in [3.05, 3.63) is 65.7 Å². The van der Waals surface area contributed by atoms with Crippen LogP contribution in [0.3, 0.4) is 0 Å². The van der Waals surface area contributed by atoms with Crippen LogP contribution in [0.15, 0.2) is 54.6 Å². The van der Waals surface area contributed by atoms with Gasteiger partial charge in [-0.25, -0.2) is 9.59 Å². The number of hydrogen-bond acceptors (Lipinski definition) is 6. The van der Waals surface area contributed by atoms with Gasteiger partial charge in [-0.1, -0.05) is 48.6 Å². The van der Waals surface area contributed by atoms with Crippen molar-refractivity contribution in [1.82, 2.24) is 9.80 Å². The van der Waals surface area contributed by atoms with Gasteiger partial charge in [-0.15, -0.1) is 0 Å². The molecule has 1 aliphatic heterocycles. The van der Waals surface area contributed by atoms with Gasteiger partial charge in [0.25, 0.3) is 0 Å². The van der Waals surface area contributed by atoms with Crippen LogP contribution in [0.4, 0.5) is 0 Å². The van der Waals surface area contributed by atoms with E-state index in [1.165, 1.54) is 5.56 Å². The average Bonchev–Trinajstić information content (AvgIpc) is 2.82. The van der Waals surface area contributed by atoms with Gasteiger partial charge in [0.1, 0.15) is 6.61 Å². The number of allylic oxidation sites excluding steroid dienone is 1. The van der Waals surface area contributed by atoms with E-state index in [0.717, 1.165) is 56.3 Å². The van der Waals surface area contributed by atoms with E-state index in [4.69, 9.17) is 29.3 Å². The third-order valence-corrected chi connectivity index (χ3v) is 5.11. The van der Waals surface area contributed by atoms with Gasteiger partial charge >= 0.3 is 11.9 Å². The Morgan fingerprint density at radius 3 is 2.15 bits per heavy atom. The highest BCUT2D eigenvalue weighted by Gasteiger charge is 2.17. The third kappa shape index (κ3) is 9.34. The first-order valence-corrected chi connectivity index (χ1v) is 10.8. The molecule has 8 nitrogen and oxygen atoms in total. The molecular formula is C25H32N2O6. The van der Waals surface area contributed by atoms with Crippen molar-refractivity contribution >= 4 is 18.0 Å². The molecule has 0 bridgehead atoms. The summed E-state index contributed by atoms with van der Waals surface area (Å²) in [6.07, 6.45) is 4.08. The quantitative estimate of drug-likeness (QED) is 0.585. The highest BCUT2D eigenvalue weighted by atomic mass is 16.5. The fourth-order valence-corrected chi connectivity index (χ4v) is 3.40. The first kappa shape index (κ1) is 25.9. The van der Waals surface area contributed by atoms with Gasteiger partial charge in [-0.2, -0.15) is 0 Å². The SMILES string of the molecule is CC=Cc1ccc(OCCN2CCN(Cc3ccccc3)CC2)c(OC)c1.O=C(O)C(=O)O. The summed E-state index contributed by atoms with van der Waals surface area (Å²) in [5.74, 6) is -2.04. The molecule has 2 aromatic carbocycles. The number of rotatable bonds is 8. The summed E-state index contributed by atoms with van der Waals surface area (Å²) >= 11 is 0. The molecule has 2 aromatic rings. The maximum atomic E-state index is 9.10. The maximum absolute atomic E-state index is 9.10. The number of carbonyl (C=O) groups is 2. The molecule has 0 atom stereocenters. The number of benzene rings is 2. The smallest absolute Gasteiger partial charge is 0.414 e. The zero-order chi connectivity index (χ0) is 24.1. The van der Waals surface area contributed by atoms with Crippen LogP contribution in [0, 0.1) is 0 Å². The Morgan fingerprint density at radius 1 is 0.939 bits per heavy atom. The van der Waals surface area contributed by atoms with E-state index in [1.54, 1.807) is 7.11 Å². The van der Waals surface area contributed by atoms with Gasteiger partial charge in [-0.05, 0) is 30.2 Å². The van der Waals surface area contributed by atoms with Crippen LogP contribution in [-0.2, 0) is 16.1 Å². The number of carboxylic acids is 2. The molecule has 0 aliphatic carbocycles. The number of ether oxygens (including phenoxy) is 2. The minimum Gasteiger partial charge on any atom is -0.493 e. The minimum absolute atomic E-state index is 0.679. The molecule has 33 heavy (non-hydrogen) atoms. The highest BCUT2D eigenvalue weighted by Crippen LogP contribution is 2.28. The second-order valence-corrected chi connectivity index (χ2v) is 7.47. The molecule has 0 saturated carbocycles. The van der Waals surface area contributed by atoms with Gasteiger partial charge in [0.05, 0.1) is 7.11 Å². The molecule has 1 heterocycles. The van der Waals surface area contributed by atoms with E-state index >= 15 is 0 Å². The lowest BCUT2D eigenvalue weighted by atomic mass is 10.2. The lowest BCUT2D eigenvalue weighted by molar-refractivity contribution is -0.159. The van der Waals surface area contributed by atoms with Crippen molar-refractivity contribution < 1.29 is 29.3 Å². The summed E-state index contributed by atoms with van der Waals surface area (Å²) in [6, 6.07) is 16.8. The Labute approximate surface area is 194 Å². The lowest BCUT2D eigenvalue weighted by Gasteiger charge is -2.34. The van der Waals surface area contributed by atoms with E-state index in [9.17, 15) is 0 Å². The molecule has 1 saturated heterocycles. The summed E-state index contributed by atoms with van der Waals surface area (Å²) in [7, 11) is 1.69. The van der Waals surface area contributed by atoms with E-state index in [-0.39, 0.29) is 0 Å².